The number of amides is 1. The van der Waals surface area contributed by atoms with E-state index in [-0.39, 0.29) is 18.9 Å². The molecule has 3 rings (SSSR count). The normalized spacial score (nSPS) is 31.5. The van der Waals surface area contributed by atoms with Gasteiger partial charge >= 0.3 is 0 Å². The lowest BCUT2D eigenvalue weighted by atomic mass is 9.96. The molecular weight excluding hydrogens is 963 g/mol. The Morgan fingerprint density at radius 2 is 0.851 bits per heavy atom. The molecule has 3 fully saturated rings. The first-order valence-corrected chi connectivity index (χ1v) is 28.9. The highest BCUT2D eigenvalue weighted by Gasteiger charge is 2.53. The van der Waals surface area contributed by atoms with Crippen LogP contribution < -0.4 is 5.32 Å². The molecule has 1 amide bonds. The molecule has 436 valence electrons. The Morgan fingerprint density at radius 3 is 1.31 bits per heavy atom. The summed E-state index contributed by atoms with van der Waals surface area (Å²) < 4.78 is 34.2. The summed E-state index contributed by atoms with van der Waals surface area (Å²) >= 11 is 0. The van der Waals surface area contributed by atoms with Crippen LogP contribution in [0.4, 0.5) is 0 Å². The number of aliphatic hydroxyl groups excluding tert-OH is 11. The molecule has 0 spiro atoms. The van der Waals surface area contributed by atoms with Crippen molar-refractivity contribution < 1.29 is 89.4 Å². The molecule has 0 aromatic heterocycles. The molecule has 74 heavy (non-hydrogen) atoms. The largest absolute Gasteiger partial charge is 0.394 e. The number of hydrogen-bond donors (Lipinski definition) is 12. The van der Waals surface area contributed by atoms with Crippen LogP contribution in [0.15, 0.2) is 12.2 Å². The Morgan fingerprint density at radius 1 is 0.473 bits per heavy atom. The number of rotatable bonds is 42. The highest BCUT2D eigenvalue weighted by atomic mass is 16.8. The van der Waals surface area contributed by atoms with Gasteiger partial charge in [-0.1, -0.05) is 167 Å². The number of unbranched alkanes of at least 4 members (excludes halogenated alkanes) is 24. The van der Waals surface area contributed by atoms with Crippen molar-refractivity contribution in [3.63, 3.8) is 0 Å². The van der Waals surface area contributed by atoms with Gasteiger partial charge in [-0.25, -0.2) is 0 Å². The molecule has 0 aromatic carbocycles. The molecule has 3 saturated heterocycles. The second-order valence-corrected chi connectivity index (χ2v) is 21.1. The monoisotopic (exact) mass is 1070 g/mol. The van der Waals surface area contributed by atoms with E-state index in [1.807, 2.05) is 0 Å². The molecule has 0 aromatic rings. The van der Waals surface area contributed by atoms with Crippen LogP contribution in [0.3, 0.4) is 0 Å². The van der Waals surface area contributed by atoms with Gasteiger partial charge in [0.1, 0.15) is 73.2 Å². The Bertz CT molecular complexity index is 1410. The van der Waals surface area contributed by atoms with E-state index >= 15 is 0 Å². The maximum Gasteiger partial charge on any atom is 0.220 e. The van der Waals surface area contributed by atoms with Crippen LogP contribution >= 0.6 is 0 Å². The molecule has 0 bridgehead atoms. The summed E-state index contributed by atoms with van der Waals surface area (Å²) in [7, 11) is 0. The lowest BCUT2D eigenvalue weighted by Gasteiger charge is -2.48. The third-order valence-electron chi connectivity index (χ3n) is 14.8. The van der Waals surface area contributed by atoms with Gasteiger partial charge in [0.15, 0.2) is 18.9 Å². The summed E-state index contributed by atoms with van der Waals surface area (Å²) in [5.41, 5.74) is 0. The van der Waals surface area contributed by atoms with E-state index in [2.05, 4.69) is 31.3 Å². The van der Waals surface area contributed by atoms with Gasteiger partial charge in [0.2, 0.25) is 5.91 Å². The van der Waals surface area contributed by atoms with Crippen molar-refractivity contribution in [1.29, 1.82) is 0 Å². The van der Waals surface area contributed by atoms with Crippen molar-refractivity contribution >= 4 is 5.91 Å². The molecule has 3 aliphatic heterocycles. The maximum atomic E-state index is 13.3. The van der Waals surface area contributed by atoms with Crippen molar-refractivity contribution in [1.82, 2.24) is 5.32 Å². The number of carbonyl (C=O) groups is 1. The van der Waals surface area contributed by atoms with Crippen molar-refractivity contribution in [2.24, 2.45) is 0 Å². The van der Waals surface area contributed by atoms with Crippen LogP contribution in [0, 0.1) is 0 Å². The number of hydrogen-bond acceptors (Lipinski definition) is 18. The summed E-state index contributed by atoms with van der Waals surface area (Å²) in [5.74, 6) is -0.248. The second-order valence-electron chi connectivity index (χ2n) is 21.1. The standard InChI is InChI=1S/C55H103NO18/c1-3-5-7-9-11-13-14-15-16-17-18-19-20-21-22-23-24-25-27-29-31-33-43(61)56-38(39(60)32-30-28-26-12-10-8-6-4-2)37-69-53-49(67)46(64)51(41(35-58)71-53)74-55-50(68)47(65)52(42(36-59)72-55)73-54-48(66)45(63)44(62)40(34-57)70-54/h17-18,38-42,44-55,57-60,62-68H,3-16,19-37H2,1-2H3,(H,56,61)/b18-17-. The van der Waals surface area contributed by atoms with Gasteiger partial charge in [0.25, 0.3) is 0 Å². The summed E-state index contributed by atoms with van der Waals surface area (Å²) in [5, 5.41) is 120. The van der Waals surface area contributed by atoms with Crippen LogP contribution in [-0.4, -0.2) is 193 Å². The fraction of sp³-hybridized carbons (Fsp3) is 0.945. The highest BCUT2D eigenvalue weighted by molar-refractivity contribution is 5.76. The smallest absolute Gasteiger partial charge is 0.220 e. The first-order chi connectivity index (χ1) is 35.8. The van der Waals surface area contributed by atoms with E-state index in [4.69, 9.17) is 28.4 Å². The average Bonchev–Trinajstić information content (AvgIpc) is 3.40. The van der Waals surface area contributed by atoms with Gasteiger partial charge in [0.05, 0.1) is 38.6 Å². The summed E-state index contributed by atoms with van der Waals surface area (Å²) in [6.45, 7) is 1.74. The maximum absolute atomic E-state index is 13.3. The van der Waals surface area contributed by atoms with Gasteiger partial charge in [-0.3, -0.25) is 4.79 Å². The molecule has 3 aliphatic rings. The minimum atomic E-state index is -1.97. The minimum absolute atomic E-state index is 0.248. The van der Waals surface area contributed by atoms with Crippen molar-refractivity contribution in [2.45, 2.75) is 304 Å². The number of allylic oxidation sites excluding steroid dienone is 2. The molecule has 0 saturated carbocycles. The molecule has 3 heterocycles. The number of ether oxygens (including phenoxy) is 6. The predicted molar refractivity (Wildman–Crippen MR) is 277 cm³/mol. The zero-order valence-corrected chi connectivity index (χ0v) is 45.1. The highest BCUT2D eigenvalue weighted by Crippen LogP contribution is 2.33. The van der Waals surface area contributed by atoms with Gasteiger partial charge in [0, 0.05) is 6.42 Å². The molecule has 0 aliphatic carbocycles. The first kappa shape index (κ1) is 66.8. The Labute approximate surface area is 442 Å². The van der Waals surface area contributed by atoms with Crippen LogP contribution in [0.25, 0.3) is 0 Å². The van der Waals surface area contributed by atoms with E-state index in [1.165, 1.54) is 116 Å². The van der Waals surface area contributed by atoms with E-state index < -0.39 is 124 Å². The lowest BCUT2D eigenvalue weighted by molar-refractivity contribution is -0.379. The fourth-order valence-corrected chi connectivity index (χ4v) is 10.0. The van der Waals surface area contributed by atoms with E-state index in [9.17, 15) is 61.0 Å². The number of nitrogens with one attached hydrogen (secondary N) is 1. The molecule has 0 radical (unpaired) electrons. The average molecular weight is 1070 g/mol. The van der Waals surface area contributed by atoms with Crippen LogP contribution in [0.2, 0.25) is 0 Å². The molecule has 19 nitrogen and oxygen atoms in total. The van der Waals surface area contributed by atoms with Gasteiger partial charge in [-0.05, 0) is 38.5 Å². The number of aliphatic hydroxyl groups is 11. The van der Waals surface area contributed by atoms with E-state index in [1.54, 1.807) is 0 Å². The van der Waals surface area contributed by atoms with Gasteiger partial charge in [-0.15, -0.1) is 0 Å². The summed E-state index contributed by atoms with van der Waals surface area (Å²) in [6.07, 6.45) is 10.5. The third kappa shape index (κ3) is 24.3. The van der Waals surface area contributed by atoms with E-state index in [0.717, 1.165) is 51.4 Å². The summed E-state index contributed by atoms with van der Waals surface area (Å²) in [4.78, 5) is 13.3. The quantitative estimate of drug-likeness (QED) is 0.0301. The zero-order valence-electron chi connectivity index (χ0n) is 45.1. The Balaban J connectivity index is 1.45. The third-order valence-corrected chi connectivity index (χ3v) is 14.8. The van der Waals surface area contributed by atoms with E-state index in [0.29, 0.717) is 12.8 Å². The topological polar surface area (TPSA) is 307 Å². The zero-order chi connectivity index (χ0) is 54.1. The Kier molecular flexibility index (Phi) is 35.9. The predicted octanol–water partition coefficient (Wildman–Crippen LogP) is 4.21. The molecule has 17 atom stereocenters. The second kappa shape index (κ2) is 39.8. The molecule has 12 N–H and O–H groups in total. The Hall–Kier alpha value is -1.47. The number of carbonyl (C=O) groups excluding carboxylic acids is 1. The molecule has 17 unspecified atom stereocenters. The van der Waals surface area contributed by atoms with Crippen molar-refractivity contribution in [3.8, 4) is 0 Å². The summed E-state index contributed by atoms with van der Waals surface area (Å²) in [6, 6.07) is -0.882. The first-order valence-electron chi connectivity index (χ1n) is 28.9. The van der Waals surface area contributed by atoms with Crippen LogP contribution in [-0.2, 0) is 33.2 Å². The molecular formula is C55H103NO18. The van der Waals surface area contributed by atoms with Crippen LogP contribution in [0.1, 0.15) is 200 Å². The van der Waals surface area contributed by atoms with Gasteiger partial charge < -0.3 is 89.9 Å². The van der Waals surface area contributed by atoms with Gasteiger partial charge in [-0.2, -0.15) is 0 Å². The SMILES string of the molecule is CCCCCCCCCC/C=C\CCCCCCCCCCCC(=O)NC(COC1OC(CO)C(OC2OC(CO)C(OC3OC(CO)C(O)C(O)C3O)C(O)C2O)C(O)C1O)C(O)CCCCCCCCCC. The van der Waals surface area contributed by atoms with Crippen molar-refractivity contribution in [3.05, 3.63) is 12.2 Å². The molecule has 19 heteroatoms. The fourth-order valence-electron chi connectivity index (χ4n) is 10.0. The lowest BCUT2D eigenvalue weighted by Crippen LogP contribution is -2.66. The van der Waals surface area contributed by atoms with Crippen molar-refractivity contribution in [2.75, 3.05) is 26.4 Å². The van der Waals surface area contributed by atoms with Crippen LogP contribution in [0.5, 0.6) is 0 Å². The minimum Gasteiger partial charge on any atom is -0.394 e.